The summed E-state index contributed by atoms with van der Waals surface area (Å²) in [5, 5.41) is 3.44. The van der Waals surface area contributed by atoms with E-state index in [4.69, 9.17) is 18.9 Å². The third-order valence-corrected chi connectivity index (χ3v) is 4.35. The van der Waals surface area contributed by atoms with Crippen LogP contribution in [0.15, 0.2) is 42.5 Å². The molecular formula is C22H22N2O6. The fourth-order valence-electron chi connectivity index (χ4n) is 2.89. The van der Waals surface area contributed by atoms with Gasteiger partial charge in [-0.25, -0.2) is 9.78 Å². The molecule has 3 aromatic rings. The molecule has 8 nitrogen and oxygen atoms in total. The number of pyridine rings is 1. The lowest BCUT2D eigenvalue weighted by molar-refractivity contribution is -0.118. The van der Waals surface area contributed by atoms with E-state index in [9.17, 15) is 9.59 Å². The predicted octanol–water partition coefficient (Wildman–Crippen LogP) is 3.36. The van der Waals surface area contributed by atoms with Crippen LogP contribution in [-0.2, 0) is 9.53 Å². The van der Waals surface area contributed by atoms with Crippen LogP contribution in [0.4, 0.5) is 5.69 Å². The number of hydrogen-bond donors (Lipinski definition) is 1. The summed E-state index contributed by atoms with van der Waals surface area (Å²) in [7, 11) is 4.33. The number of rotatable bonds is 7. The number of fused-ring (bicyclic) bond motifs is 1. The molecule has 0 bridgehead atoms. The average molecular weight is 410 g/mol. The maximum absolute atomic E-state index is 12.4. The standard InChI is InChI=1S/C22H22N2O6/c1-13-5-7-16-15(9-13)19(11-17(24-16)22(26)29-4)30-12-21(25)23-14-6-8-18(27-2)20(10-14)28-3/h5-11H,12H2,1-4H3,(H,23,25). The molecule has 1 aromatic heterocycles. The van der Waals surface area contributed by atoms with E-state index in [1.54, 1.807) is 24.3 Å². The van der Waals surface area contributed by atoms with E-state index in [2.05, 4.69) is 10.3 Å². The highest BCUT2D eigenvalue weighted by molar-refractivity contribution is 5.95. The van der Waals surface area contributed by atoms with Gasteiger partial charge in [0.15, 0.2) is 23.8 Å². The van der Waals surface area contributed by atoms with Gasteiger partial charge in [-0.1, -0.05) is 11.6 Å². The van der Waals surface area contributed by atoms with Gasteiger partial charge in [0, 0.05) is 23.2 Å². The van der Waals surface area contributed by atoms with E-state index >= 15 is 0 Å². The number of benzene rings is 2. The summed E-state index contributed by atoms with van der Waals surface area (Å²) >= 11 is 0. The SMILES string of the molecule is COC(=O)c1cc(OCC(=O)Nc2ccc(OC)c(OC)c2)c2cc(C)ccc2n1. The van der Waals surface area contributed by atoms with E-state index in [0.29, 0.717) is 33.8 Å². The normalized spacial score (nSPS) is 10.4. The van der Waals surface area contributed by atoms with Gasteiger partial charge in [-0.15, -0.1) is 0 Å². The molecular weight excluding hydrogens is 388 g/mol. The van der Waals surface area contributed by atoms with Crippen LogP contribution in [0.5, 0.6) is 17.2 Å². The van der Waals surface area contributed by atoms with Crippen molar-refractivity contribution >= 4 is 28.5 Å². The van der Waals surface area contributed by atoms with Gasteiger partial charge < -0.3 is 24.3 Å². The molecule has 0 spiro atoms. The number of esters is 1. The van der Waals surface area contributed by atoms with Gasteiger partial charge in [0.2, 0.25) is 0 Å². The van der Waals surface area contributed by atoms with Gasteiger partial charge in [-0.3, -0.25) is 4.79 Å². The second-order valence-electron chi connectivity index (χ2n) is 6.42. The van der Waals surface area contributed by atoms with Crippen LogP contribution in [0.3, 0.4) is 0 Å². The fraction of sp³-hybridized carbons (Fsp3) is 0.227. The molecule has 1 N–H and O–H groups in total. The Bertz CT molecular complexity index is 1100. The number of nitrogens with zero attached hydrogens (tertiary/aromatic N) is 1. The average Bonchev–Trinajstić information content (AvgIpc) is 2.76. The Morgan fingerprint density at radius 3 is 2.40 bits per heavy atom. The minimum atomic E-state index is -0.586. The smallest absolute Gasteiger partial charge is 0.356 e. The van der Waals surface area contributed by atoms with Crippen LogP contribution in [0.25, 0.3) is 10.9 Å². The second-order valence-corrected chi connectivity index (χ2v) is 6.42. The lowest BCUT2D eigenvalue weighted by Crippen LogP contribution is -2.20. The first-order valence-electron chi connectivity index (χ1n) is 9.09. The molecule has 8 heteroatoms. The van der Waals surface area contributed by atoms with Crippen LogP contribution in [-0.4, -0.2) is 44.8 Å². The van der Waals surface area contributed by atoms with E-state index in [0.717, 1.165) is 5.56 Å². The van der Waals surface area contributed by atoms with Crippen LogP contribution in [0, 0.1) is 6.92 Å². The highest BCUT2D eigenvalue weighted by Crippen LogP contribution is 2.30. The summed E-state index contributed by atoms with van der Waals surface area (Å²) in [6.45, 7) is 1.67. The van der Waals surface area contributed by atoms with Gasteiger partial charge >= 0.3 is 5.97 Å². The fourth-order valence-corrected chi connectivity index (χ4v) is 2.89. The minimum absolute atomic E-state index is 0.101. The number of aromatic nitrogens is 1. The van der Waals surface area contributed by atoms with Crippen LogP contribution in [0.2, 0.25) is 0 Å². The van der Waals surface area contributed by atoms with Crippen molar-refractivity contribution in [1.82, 2.24) is 4.98 Å². The number of amides is 1. The third kappa shape index (κ3) is 4.60. The van der Waals surface area contributed by atoms with E-state index in [1.807, 2.05) is 19.1 Å². The number of nitrogens with one attached hydrogen (secondary N) is 1. The molecule has 2 aromatic carbocycles. The first-order valence-corrected chi connectivity index (χ1v) is 9.09. The number of ether oxygens (including phenoxy) is 4. The summed E-state index contributed by atoms with van der Waals surface area (Å²) in [5.74, 6) is 0.457. The maximum Gasteiger partial charge on any atom is 0.356 e. The number of carbonyl (C=O) groups is 2. The zero-order chi connectivity index (χ0) is 21.7. The molecule has 3 rings (SSSR count). The Balaban J connectivity index is 1.80. The minimum Gasteiger partial charge on any atom is -0.493 e. The van der Waals surface area contributed by atoms with Crippen molar-refractivity contribution in [2.45, 2.75) is 6.92 Å². The number of hydrogen-bond acceptors (Lipinski definition) is 7. The lowest BCUT2D eigenvalue weighted by atomic mass is 10.1. The van der Waals surface area contributed by atoms with Crippen molar-refractivity contribution in [2.24, 2.45) is 0 Å². The molecule has 0 aliphatic rings. The quantitative estimate of drug-likeness (QED) is 0.597. The summed E-state index contributed by atoms with van der Waals surface area (Å²) < 4.78 is 20.9. The van der Waals surface area contributed by atoms with Crippen molar-refractivity contribution in [3.8, 4) is 17.2 Å². The molecule has 0 saturated heterocycles. The van der Waals surface area contributed by atoms with Crippen molar-refractivity contribution in [3.05, 3.63) is 53.7 Å². The molecule has 1 heterocycles. The highest BCUT2D eigenvalue weighted by Gasteiger charge is 2.15. The first-order chi connectivity index (χ1) is 14.4. The van der Waals surface area contributed by atoms with Crippen LogP contribution < -0.4 is 19.5 Å². The first kappa shape index (κ1) is 20.9. The predicted molar refractivity (Wildman–Crippen MR) is 111 cm³/mol. The van der Waals surface area contributed by atoms with E-state index in [-0.39, 0.29) is 18.2 Å². The Hall–Kier alpha value is -3.81. The summed E-state index contributed by atoms with van der Waals surface area (Å²) in [6, 6.07) is 12.0. The maximum atomic E-state index is 12.4. The van der Waals surface area contributed by atoms with Gasteiger partial charge in [-0.05, 0) is 31.2 Å². The highest BCUT2D eigenvalue weighted by atomic mass is 16.5. The molecule has 0 unspecified atom stereocenters. The Labute approximate surface area is 173 Å². The topological polar surface area (TPSA) is 96.0 Å². The van der Waals surface area contributed by atoms with Crippen molar-refractivity contribution in [3.63, 3.8) is 0 Å². The van der Waals surface area contributed by atoms with Crippen molar-refractivity contribution in [1.29, 1.82) is 0 Å². The number of anilines is 1. The molecule has 1 amide bonds. The van der Waals surface area contributed by atoms with Gasteiger partial charge in [-0.2, -0.15) is 0 Å². The number of aryl methyl sites for hydroxylation is 1. The summed E-state index contributed by atoms with van der Waals surface area (Å²) in [6.07, 6.45) is 0. The molecule has 156 valence electrons. The van der Waals surface area contributed by atoms with Gasteiger partial charge in [0.25, 0.3) is 5.91 Å². The van der Waals surface area contributed by atoms with Crippen LogP contribution >= 0.6 is 0 Å². The molecule has 0 atom stereocenters. The van der Waals surface area contributed by atoms with Crippen molar-refractivity contribution in [2.75, 3.05) is 33.3 Å². The Kier molecular flexibility index (Phi) is 6.36. The molecule has 0 saturated carbocycles. The van der Waals surface area contributed by atoms with Gasteiger partial charge in [0.1, 0.15) is 5.75 Å². The third-order valence-electron chi connectivity index (χ3n) is 4.35. The van der Waals surface area contributed by atoms with E-state index < -0.39 is 5.97 Å². The molecule has 0 aliphatic carbocycles. The molecule has 0 radical (unpaired) electrons. The zero-order valence-corrected chi connectivity index (χ0v) is 17.1. The lowest BCUT2D eigenvalue weighted by Gasteiger charge is -2.13. The largest absolute Gasteiger partial charge is 0.493 e. The molecule has 30 heavy (non-hydrogen) atoms. The Morgan fingerprint density at radius 2 is 1.70 bits per heavy atom. The Morgan fingerprint density at radius 1 is 0.933 bits per heavy atom. The summed E-state index contributed by atoms with van der Waals surface area (Å²) in [4.78, 5) is 28.6. The van der Waals surface area contributed by atoms with Crippen LogP contribution in [0.1, 0.15) is 16.1 Å². The monoisotopic (exact) mass is 410 g/mol. The second kappa shape index (κ2) is 9.13. The summed E-state index contributed by atoms with van der Waals surface area (Å²) in [5.41, 5.74) is 2.20. The van der Waals surface area contributed by atoms with Gasteiger partial charge in [0.05, 0.1) is 26.8 Å². The number of carbonyl (C=O) groups excluding carboxylic acids is 2. The van der Waals surface area contributed by atoms with Crippen molar-refractivity contribution < 1.29 is 28.5 Å². The molecule has 0 aliphatic heterocycles. The number of methoxy groups -OCH3 is 3. The van der Waals surface area contributed by atoms with E-state index in [1.165, 1.54) is 27.4 Å². The molecule has 0 fully saturated rings. The zero-order valence-electron chi connectivity index (χ0n) is 17.1.